The van der Waals surface area contributed by atoms with E-state index in [0.29, 0.717) is 12.1 Å². The molecule has 1 saturated heterocycles. The highest BCUT2D eigenvalue weighted by molar-refractivity contribution is 4.93. The van der Waals surface area contributed by atoms with Gasteiger partial charge < -0.3 is 10.5 Å². The summed E-state index contributed by atoms with van der Waals surface area (Å²) in [5.41, 5.74) is 5.93. The van der Waals surface area contributed by atoms with E-state index in [0.717, 1.165) is 24.9 Å². The van der Waals surface area contributed by atoms with Crippen LogP contribution in [0.2, 0.25) is 0 Å². The molecule has 2 N–H and O–H groups in total. The van der Waals surface area contributed by atoms with Crippen molar-refractivity contribution in [2.75, 3.05) is 20.2 Å². The first-order valence-electron chi connectivity index (χ1n) is 6.78. The predicted molar refractivity (Wildman–Crippen MR) is 66.4 cm³/mol. The number of piperidine rings is 1. The Hall–Kier alpha value is -0.120. The molecule has 2 fully saturated rings. The first kappa shape index (κ1) is 12.3. The molecule has 0 amide bonds. The Balaban J connectivity index is 1.96. The molecule has 3 atom stereocenters. The molecule has 1 heterocycles. The van der Waals surface area contributed by atoms with Crippen molar-refractivity contribution in [2.45, 2.75) is 57.2 Å². The van der Waals surface area contributed by atoms with E-state index in [4.69, 9.17) is 10.5 Å². The quantitative estimate of drug-likeness (QED) is 0.774. The molecule has 16 heavy (non-hydrogen) atoms. The molecule has 0 spiro atoms. The van der Waals surface area contributed by atoms with Gasteiger partial charge in [-0.15, -0.1) is 0 Å². The van der Waals surface area contributed by atoms with Crippen molar-refractivity contribution < 1.29 is 4.74 Å². The van der Waals surface area contributed by atoms with E-state index in [1.165, 1.54) is 32.2 Å². The Morgan fingerprint density at radius 1 is 1.38 bits per heavy atom. The summed E-state index contributed by atoms with van der Waals surface area (Å²) in [7, 11) is 1.83. The number of methoxy groups -OCH3 is 1. The molecular formula is C13H26N2O. The van der Waals surface area contributed by atoms with Crippen LogP contribution in [0.3, 0.4) is 0 Å². The number of hydrogen-bond acceptors (Lipinski definition) is 3. The van der Waals surface area contributed by atoms with Gasteiger partial charge in [0.1, 0.15) is 0 Å². The highest BCUT2D eigenvalue weighted by atomic mass is 16.5. The summed E-state index contributed by atoms with van der Waals surface area (Å²) in [6.45, 7) is 4.28. The van der Waals surface area contributed by atoms with Gasteiger partial charge in [-0.25, -0.2) is 0 Å². The van der Waals surface area contributed by atoms with Crippen LogP contribution in [0.4, 0.5) is 0 Å². The molecule has 0 bridgehead atoms. The van der Waals surface area contributed by atoms with E-state index in [1.807, 2.05) is 7.11 Å². The molecule has 94 valence electrons. The van der Waals surface area contributed by atoms with E-state index >= 15 is 0 Å². The average molecular weight is 226 g/mol. The van der Waals surface area contributed by atoms with Crippen molar-refractivity contribution in [3.8, 4) is 0 Å². The fourth-order valence-electron chi connectivity index (χ4n) is 3.23. The number of ether oxygens (including phenoxy) is 1. The summed E-state index contributed by atoms with van der Waals surface area (Å²) in [5, 5.41) is 0. The lowest BCUT2D eigenvalue weighted by atomic mass is 9.94. The fraction of sp³-hybridized carbons (Fsp3) is 1.00. The minimum atomic E-state index is 0.432. The van der Waals surface area contributed by atoms with Gasteiger partial charge >= 0.3 is 0 Å². The Morgan fingerprint density at radius 3 is 2.62 bits per heavy atom. The van der Waals surface area contributed by atoms with Crippen LogP contribution in [0.1, 0.15) is 39.0 Å². The average Bonchev–Trinajstić information content (AvgIpc) is 3.15. The normalized spacial score (nSPS) is 33.9. The lowest BCUT2D eigenvalue weighted by Crippen LogP contribution is -2.53. The van der Waals surface area contributed by atoms with Gasteiger partial charge in [-0.3, -0.25) is 4.90 Å². The predicted octanol–water partition coefficient (Wildman–Crippen LogP) is 1.61. The van der Waals surface area contributed by atoms with Crippen LogP contribution >= 0.6 is 0 Å². The summed E-state index contributed by atoms with van der Waals surface area (Å²) in [5.74, 6) is 0.957. The second-order valence-electron chi connectivity index (χ2n) is 5.32. The zero-order chi connectivity index (χ0) is 11.5. The van der Waals surface area contributed by atoms with Gasteiger partial charge in [-0.05, 0) is 38.0 Å². The highest BCUT2D eigenvalue weighted by Gasteiger charge is 2.39. The van der Waals surface area contributed by atoms with Crippen LogP contribution in [0, 0.1) is 5.92 Å². The number of rotatable bonds is 5. The monoisotopic (exact) mass is 226 g/mol. The summed E-state index contributed by atoms with van der Waals surface area (Å²) in [6, 6.07) is 1.33. The van der Waals surface area contributed by atoms with Crippen molar-refractivity contribution in [1.82, 2.24) is 4.90 Å². The van der Waals surface area contributed by atoms with Gasteiger partial charge in [0.05, 0.1) is 6.10 Å². The standard InChI is InChI=1S/C13H26N2O/c1-3-13(10-4-5-10)15-7-6-12(16-2)8-11(15)9-14/h10-13H,3-9,14H2,1-2H3. The number of likely N-dealkylation sites (tertiary alicyclic amines) is 1. The third-order valence-corrected chi connectivity index (χ3v) is 4.33. The van der Waals surface area contributed by atoms with E-state index < -0.39 is 0 Å². The molecule has 0 radical (unpaired) electrons. The molecule has 1 saturated carbocycles. The highest BCUT2D eigenvalue weighted by Crippen LogP contribution is 2.39. The van der Waals surface area contributed by atoms with Gasteiger partial charge in [0.15, 0.2) is 0 Å². The largest absolute Gasteiger partial charge is 0.381 e. The Kier molecular flexibility index (Phi) is 4.22. The molecule has 1 aliphatic carbocycles. The number of nitrogens with two attached hydrogens (primary N) is 1. The van der Waals surface area contributed by atoms with Crippen molar-refractivity contribution in [2.24, 2.45) is 11.7 Å². The van der Waals surface area contributed by atoms with E-state index in [1.54, 1.807) is 0 Å². The summed E-state index contributed by atoms with van der Waals surface area (Å²) in [6.07, 6.45) is 6.87. The van der Waals surface area contributed by atoms with Gasteiger partial charge in [0.25, 0.3) is 0 Å². The first-order chi connectivity index (χ1) is 7.80. The van der Waals surface area contributed by atoms with E-state index in [9.17, 15) is 0 Å². The number of hydrogen-bond donors (Lipinski definition) is 1. The molecule has 3 unspecified atom stereocenters. The van der Waals surface area contributed by atoms with Crippen LogP contribution < -0.4 is 5.73 Å². The SMILES string of the molecule is CCC(C1CC1)N1CCC(OC)CC1CN. The van der Waals surface area contributed by atoms with E-state index in [-0.39, 0.29) is 0 Å². The molecule has 3 heteroatoms. The Morgan fingerprint density at radius 2 is 2.12 bits per heavy atom. The minimum absolute atomic E-state index is 0.432. The molecule has 0 aromatic carbocycles. The fourth-order valence-corrected chi connectivity index (χ4v) is 3.23. The molecule has 2 aliphatic rings. The van der Waals surface area contributed by atoms with Crippen LogP contribution in [0.25, 0.3) is 0 Å². The van der Waals surface area contributed by atoms with Crippen LogP contribution in [-0.4, -0.2) is 43.3 Å². The maximum atomic E-state index is 5.93. The van der Waals surface area contributed by atoms with Gasteiger partial charge in [-0.1, -0.05) is 6.92 Å². The molecule has 0 aromatic rings. The molecular weight excluding hydrogens is 200 g/mol. The van der Waals surface area contributed by atoms with Gasteiger partial charge in [0.2, 0.25) is 0 Å². The summed E-state index contributed by atoms with van der Waals surface area (Å²) >= 11 is 0. The Bertz CT molecular complexity index is 218. The molecule has 1 aliphatic heterocycles. The second kappa shape index (κ2) is 5.48. The second-order valence-corrected chi connectivity index (χ2v) is 5.32. The van der Waals surface area contributed by atoms with Crippen LogP contribution in [0.15, 0.2) is 0 Å². The zero-order valence-electron chi connectivity index (χ0n) is 10.7. The topological polar surface area (TPSA) is 38.5 Å². The zero-order valence-corrected chi connectivity index (χ0v) is 10.7. The van der Waals surface area contributed by atoms with Gasteiger partial charge in [-0.2, -0.15) is 0 Å². The maximum Gasteiger partial charge on any atom is 0.0599 e. The summed E-state index contributed by atoms with van der Waals surface area (Å²) in [4.78, 5) is 2.67. The van der Waals surface area contributed by atoms with Crippen molar-refractivity contribution in [1.29, 1.82) is 0 Å². The molecule has 2 rings (SSSR count). The Labute approximate surface area is 99.3 Å². The van der Waals surface area contributed by atoms with Crippen molar-refractivity contribution in [3.63, 3.8) is 0 Å². The minimum Gasteiger partial charge on any atom is -0.381 e. The molecule has 0 aromatic heterocycles. The lowest BCUT2D eigenvalue weighted by molar-refractivity contribution is -0.00907. The lowest BCUT2D eigenvalue weighted by Gasteiger charge is -2.43. The first-order valence-corrected chi connectivity index (χ1v) is 6.78. The van der Waals surface area contributed by atoms with Crippen LogP contribution in [0.5, 0.6) is 0 Å². The maximum absolute atomic E-state index is 5.93. The van der Waals surface area contributed by atoms with Crippen molar-refractivity contribution >= 4 is 0 Å². The smallest absolute Gasteiger partial charge is 0.0599 e. The molecule has 3 nitrogen and oxygen atoms in total. The summed E-state index contributed by atoms with van der Waals surface area (Å²) < 4.78 is 5.48. The third kappa shape index (κ3) is 2.58. The third-order valence-electron chi connectivity index (χ3n) is 4.33. The van der Waals surface area contributed by atoms with Crippen LogP contribution in [-0.2, 0) is 4.74 Å². The van der Waals surface area contributed by atoms with Crippen molar-refractivity contribution in [3.05, 3.63) is 0 Å². The van der Waals surface area contributed by atoms with Gasteiger partial charge in [0, 0.05) is 32.3 Å². The number of nitrogens with zero attached hydrogens (tertiary/aromatic N) is 1. The van der Waals surface area contributed by atoms with E-state index in [2.05, 4.69) is 11.8 Å².